The van der Waals surface area contributed by atoms with Crippen molar-refractivity contribution >= 4 is 34.7 Å². The predicted molar refractivity (Wildman–Crippen MR) is 135 cm³/mol. The van der Waals surface area contributed by atoms with Crippen molar-refractivity contribution in [1.82, 2.24) is 30.0 Å². The van der Waals surface area contributed by atoms with Gasteiger partial charge in [-0.3, -0.25) is 4.79 Å². The van der Waals surface area contributed by atoms with Crippen molar-refractivity contribution in [3.8, 4) is 11.3 Å². The molecule has 3 heterocycles. The van der Waals surface area contributed by atoms with Crippen LogP contribution in [-0.2, 0) is 6.18 Å². The number of anilines is 2. The summed E-state index contributed by atoms with van der Waals surface area (Å²) in [4.78, 5) is 35.9. The molecule has 11 nitrogen and oxygen atoms in total. The third kappa shape index (κ3) is 5.44. The van der Waals surface area contributed by atoms with E-state index in [-0.39, 0.29) is 29.3 Å². The first kappa shape index (κ1) is 25.9. The highest BCUT2D eigenvalue weighted by Gasteiger charge is 2.31. The highest BCUT2D eigenvalue weighted by atomic mass is 19.4. The Morgan fingerprint density at radius 1 is 1.03 bits per heavy atom. The molecular formula is C25H23F3N8O3. The van der Waals surface area contributed by atoms with E-state index in [0.717, 1.165) is 18.3 Å². The predicted octanol–water partition coefficient (Wildman–Crippen LogP) is 4.49. The number of amides is 2. The van der Waals surface area contributed by atoms with Crippen LogP contribution in [0.15, 0.2) is 48.9 Å². The lowest BCUT2D eigenvalue weighted by Gasteiger charge is -2.28. The molecule has 2 amide bonds. The van der Waals surface area contributed by atoms with Gasteiger partial charge in [0.2, 0.25) is 0 Å². The van der Waals surface area contributed by atoms with Gasteiger partial charge in [-0.15, -0.1) is 0 Å². The number of fused-ring (bicyclic) bond motifs is 1. The van der Waals surface area contributed by atoms with Gasteiger partial charge < -0.3 is 21.5 Å². The third-order valence-electron chi connectivity index (χ3n) is 6.64. The van der Waals surface area contributed by atoms with Crippen molar-refractivity contribution in [2.75, 3.05) is 11.1 Å². The molecule has 0 bridgehead atoms. The van der Waals surface area contributed by atoms with Gasteiger partial charge in [0.05, 0.1) is 17.0 Å². The molecule has 0 saturated heterocycles. The number of carboxylic acid groups (broad SMARTS) is 1. The summed E-state index contributed by atoms with van der Waals surface area (Å²) in [6, 6.07) is 7.79. The maximum Gasteiger partial charge on any atom is 0.416 e. The SMILES string of the molecule is Nc1ncnc2c1c(-c1ccc(C(=O)Nc3cc(C(F)(F)F)ccn3)cc1)nn2C1CCC(NC(=O)O)CC1. The second-order valence-corrected chi connectivity index (χ2v) is 9.16. The molecule has 5 N–H and O–H groups in total. The molecule has 1 aliphatic rings. The molecule has 1 fully saturated rings. The van der Waals surface area contributed by atoms with E-state index in [0.29, 0.717) is 48.0 Å². The van der Waals surface area contributed by atoms with Crippen molar-refractivity contribution in [3.63, 3.8) is 0 Å². The van der Waals surface area contributed by atoms with Crippen LogP contribution in [0.4, 0.5) is 29.6 Å². The number of alkyl halides is 3. The van der Waals surface area contributed by atoms with Crippen LogP contribution in [0.1, 0.15) is 47.6 Å². The number of carbonyl (C=O) groups excluding carboxylic acids is 1. The lowest BCUT2D eigenvalue weighted by Crippen LogP contribution is -2.37. The summed E-state index contributed by atoms with van der Waals surface area (Å²) in [6.07, 6.45) is -0.596. The first-order valence-corrected chi connectivity index (χ1v) is 12.0. The highest BCUT2D eigenvalue weighted by Crippen LogP contribution is 2.36. The Hall–Kier alpha value is -4.75. The minimum absolute atomic E-state index is 0.0209. The molecule has 1 saturated carbocycles. The van der Waals surface area contributed by atoms with Crippen LogP contribution in [0.3, 0.4) is 0 Å². The molecule has 14 heteroatoms. The molecule has 202 valence electrons. The zero-order valence-corrected chi connectivity index (χ0v) is 20.3. The lowest BCUT2D eigenvalue weighted by atomic mass is 9.91. The van der Waals surface area contributed by atoms with E-state index in [1.807, 2.05) is 0 Å². The van der Waals surface area contributed by atoms with E-state index in [1.54, 1.807) is 16.8 Å². The fraction of sp³-hybridized carbons (Fsp3) is 0.280. The summed E-state index contributed by atoms with van der Waals surface area (Å²) in [5.74, 6) is -0.611. The number of aromatic nitrogens is 5. The monoisotopic (exact) mass is 540 g/mol. The highest BCUT2D eigenvalue weighted by molar-refractivity contribution is 6.04. The first-order valence-electron chi connectivity index (χ1n) is 12.0. The third-order valence-corrected chi connectivity index (χ3v) is 6.64. The molecule has 0 aliphatic heterocycles. The summed E-state index contributed by atoms with van der Waals surface area (Å²) >= 11 is 0. The van der Waals surface area contributed by atoms with Gasteiger partial charge in [-0.1, -0.05) is 12.1 Å². The lowest BCUT2D eigenvalue weighted by molar-refractivity contribution is -0.137. The zero-order valence-electron chi connectivity index (χ0n) is 20.3. The molecule has 5 rings (SSSR count). The largest absolute Gasteiger partial charge is 0.465 e. The molecule has 1 aliphatic carbocycles. The maximum atomic E-state index is 13.0. The molecule has 4 aromatic rings. The summed E-state index contributed by atoms with van der Waals surface area (Å²) < 4.78 is 40.7. The van der Waals surface area contributed by atoms with Crippen molar-refractivity contribution in [1.29, 1.82) is 0 Å². The molecule has 1 aromatic carbocycles. The summed E-state index contributed by atoms with van der Waals surface area (Å²) in [6.45, 7) is 0. The van der Waals surface area contributed by atoms with Crippen LogP contribution >= 0.6 is 0 Å². The number of hydrogen-bond donors (Lipinski definition) is 4. The fourth-order valence-corrected chi connectivity index (χ4v) is 4.73. The van der Waals surface area contributed by atoms with Crippen LogP contribution in [0, 0.1) is 0 Å². The first-order chi connectivity index (χ1) is 18.6. The van der Waals surface area contributed by atoms with Gasteiger partial charge in [0, 0.05) is 23.4 Å². The van der Waals surface area contributed by atoms with Gasteiger partial charge in [-0.25, -0.2) is 24.4 Å². The average Bonchev–Trinajstić information content (AvgIpc) is 3.29. The number of nitrogen functional groups attached to an aromatic ring is 1. The van der Waals surface area contributed by atoms with Gasteiger partial charge >= 0.3 is 12.3 Å². The number of hydrogen-bond acceptors (Lipinski definition) is 7. The Labute approximate surface area is 219 Å². The number of rotatable bonds is 5. The fourth-order valence-electron chi connectivity index (χ4n) is 4.73. The van der Waals surface area contributed by atoms with E-state index in [2.05, 4.69) is 25.6 Å². The van der Waals surface area contributed by atoms with Crippen LogP contribution in [-0.4, -0.2) is 47.9 Å². The number of carbonyl (C=O) groups is 2. The van der Waals surface area contributed by atoms with Gasteiger partial charge in [0.15, 0.2) is 5.65 Å². The van der Waals surface area contributed by atoms with E-state index in [1.165, 1.54) is 18.5 Å². The minimum atomic E-state index is -4.56. The molecular weight excluding hydrogens is 517 g/mol. The second kappa shape index (κ2) is 10.2. The zero-order chi connectivity index (χ0) is 27.7. The van der Waals surface area contributed by atoms with Crippen LogP contribution in [0.2, 0.25) is 0 Å². The summed E-state index contributed by atoms with van der Waals surface area (Å²) in [7, 11) is 0. The molecule has 0 spiro atoms. The number of pyridine rings is 1. The van der Waals surface area contributed by atoms with Gasteiger partial charge in [-0.05, 0) is 49.9 Å². The van der Waals surface area contributed by atoms with Crippen LogP contribution < -0.4 is 16.4 Å². The van der Waals surface area contributed by atoms with E-state index < -0.39 is 23.7 Å². The number of halogens is 3. The Morgan fingerprint density at radius 2 is 1.74 bits per heavy atom. The van der Waals surface area contributed by atoms with Crippen molar-refractivity contribution in [2.24, 2.45) is 0 Å². The number of nitrogens with zero attached hydrogens (tertiary/aromatic N) is 5. The molecule has 0 radical (unpaired) electrons. The smallest absolute Gasteiger partial charge is 0.416 e. The Kier molecular flexibility index (Phi) is 6.76. The average molecular weight is 541 g/mol. The Bertz CT molecular complexity index is 1530. The second-order valence-electron chi connectivity index (χ2n) is 9.16. The van der Waals surface area contributed by atoms with E-state index >= 15 is 0 Å². The van der Waals surface area contributed by atoms with Crippen LogP contribution in [0.25, 0.3) is 22.3 Å². The quantitative estimate of drug-likeness (QED) is 0.288. The topological polar surface area (TPSA) is 161 Å². The standard InChI is InChI=1S/C25H23F3N8O3/c26-25(27,28)15-9-10-30-18(11-15)34-23(37)14-3-1-13(2-4-14)20-19-21(29)31-12-32-22(19)36(35-20)17-7-5-16(6-8-17)33-24(38)39/h1-4,9-12,16-17,33H,5-8H2,(H,38,39)(H2,29,31,32)(H,30,34,37). The molecule has 39 heavy (non-hydrogen) atoms. The summed E-state index contributed by atoms with van der Waals surface area (Å²) in [5, 5.41) is 19.2. The van der Waals surface area contributed by atoms with Crippen molar-refractivity contribution < 1.29 is 27.9 Å². The molecule has 0 atom stereocenters. The number of nitrogens with two attached hydrogens (primary N) is 1. The maximum absolute atomic E-state index is 13.0. The minimum Gasteiger partial charge on any atom is -0.465 e. The summed E-state index contributed by atoms with van der Waals surface area (Å²) in [5.41, 5.74) is 7.17. The normalized spacial score (nSPS) is 17.6. The van der Waals surface area contributed by atoms with E-state index in [9.17, 15) is 22.8 Å². The van der Waals surface area contributed by atoms with Gasteiger partial charge in [0.25, 0.3) is 5.91 Å². The van der Waals surface area contributed by atoms with Crippen molar-refractivity contribution in [3.05, 3.63) is 60.0 Å². The molecule has 3 aromatic heterocycles. The molecule has 0 unspecified atom stereocenters. The van der Waals surface area contributed by atoms with Crippen molar-refractivity contribution in [2.45, 2.75) is 43.9 Å². The van der Waals surface area contributed by atoms with Crippen LogP contribution in [0.5, 0.6) is 0 Å². The number of nitrogens with one attached hydrogen (secondary N) is 2. The van der Waals surface area contributed by atoms with E-state index in [4.69, 9.17) is 15.9 Å². The van der Waals surface area contributed by atoms with Gasteiger partial charge in [-0.2, -0.15) is 18.3 Å². The Balaban J connectivity index is 1.39. The van der Waals surface area contributed by atoms with Gasteiger partial charge in [0.1, 0.15) is 23.7 Å². The number of benzene rings is 1. The Morgan fingerprint density at radius 3 is 2.41 bits per heavy atom.